The van der Waals surface area contributed by atoms with Gasteiger partial charge in [-0.1, -0.05) is 12.2 Å². The number of amides is 3. The van der Waals surface area contributed by atoms with Crippen molar-refractivity contribution in [3.05, 3.63) is 12.2 Å². The van der Waals surface area contributed by atoms with Crippen LogP contribution in [0.15, 0.2) is 12.2 Å². The minimum atomic E-state index is -0.247. The predicted octanol–water partition coefficient (Wildman–Crippen LogP) is 2.27. The van der Waals surface area contributed by atoms with Gasteiger partial charge in [0.2, 0.25) is 17.7 Å². The first-order chi connectivity index (χ1) is 12.5. The van der Waals surface area contributed by atoms with Gasteiger partial charge >= 0.3 is 0 Å². The van der Waals surface area contributed by atoms with Crippen LogP contribution in [0.2, 0.25) is 0 Å². The van der Waals surface area contributed by atoms with Crippen LogP contribution in [-0.4, -0.2) is 35.7 Å². The Hall–Kier alpha value is -1.65. The summed E-state index contributed by atoms with van der Waals surface area (Å²) in [4.78, 5) is 38.7. The number of likely N-dealkylation sites (tertiary alicyclic amines) is 1. The zero-order chi connectivity index (χ0) is 17.9. The number of nitrogens with zero attached hydrogens (tertiary/aromatic N) is 1. The molecule has 1 N–H and O–H groups in total. The maximum Gasteiger partial charge on any atom is 0.240 e. The van der Waals surface area contributed by atoms with Gasteiger partial charge in [-0.05, 0) is 74.5 Å². The van der Waals surface area contributed by atoms with Gasteiger partial charge in [-0.25, -0.2) is 0 Å². The van der Waals surface area contributed by atoms with E-state index in [2.05, 4.69) is 5.32 Å². The Bertz CT molecular complexity index is 621. The van der Waals surface area contributed by atoms with Gasteiger partial charge in [0.25, 0.3) is 0 Å². The van der Waals surface area contributed by atoms with Crippen LogP contribution < -0.4 is 5.32 Å². The third kappa shape index (κ3) is 2.62. The highest BCUT2D eigenvalue weighted by molar-refractivity contribution is 6.07. The first-order valence-corrected chi connectivity index (χ1v) is 10.3. The van der Waals surface area contributed by atoms with Gasteiger partial charge in [0.1, 0.15) is 6.54 Å². The predicted molar refractivity (Wildman–Crippen MR) is 95.7 cm³/mol. The zero-order valence-corrected chi connectivity index (χ0v) is 15.3. The largest absolute Gasteiger partial charge is 0.354 e. The molecule has 26 heavy (non-hydrogen) atoms. The first kappa shape index (κ1) is 16.5. The quantitative estimate of drug-likeness (QED) is 0.621. The standard InChI is InChI=1S/C21H28N2O3/c24-18(11-23-19(25)16-3-1-2-4-17(16)20(23)26)22-12-21-8-13-5-14(9-21)7-15(6-13)10-21/h1-2,13-17H,3-12H2,(H,22,24)/t13?,14?,15?,16-,17-,21?/m1/s1. The normalized spacial score (nSPS) is 43.1. The van der Waals surface area contributed by atoms with Crippen LogP contribution >= 0.6 is 0 Å². The SMILES string of the molecule is O=C(CN1C(=O)[C@@H]2CC=CC[C@H]2C1=O)NCC12CC3CC(CC(C3)C1)C2. The van der Waals surface area contributed by atoms with Crippen molar-refractivity contribution in [2.45, 2.75) is 51.4 Å². The molecule has 1 heterocycles. The lowest BCUT2D eigenvalue weighted by molar-refractivity contribution is -0.144. The van der Waals surface area contributed by atoms with E-state index in [4.69, 9.17) is 0 Å². The minimum absolute atomic E-state index is 0.100. The van der Waals surface area contributed by atoms with Gasteiger partial charge < -0.3 is 5.32 Å². The fourth-order valence-corrected chi connectivity index (χ4v) is 7.02. The van der Waals surface area contributed by atoms with Crippen molar-refractivity contribution >= 4 is 17.7 Å². The summed E-state index contributed by atoms with van der Waals surface area (Å²) >= 11 is 0. The van der Waals surface area contributed by atoms with Gasteiger partial charge in [-0.15, -0.1) is 0 Å². The van der Waals surface area contributed by atoms with E-state index < -0.39 is 0 Å². The average molecular weight is 356 g/mol. The summed E-state index contributed by atoms with van der Waals surface area (Å²) in [5.41, 5.74) is 0.279. The van der Waals surface area contributed by atoms with Crippen LogP contribution in [0.4, 0.5) is 0 Å². The fraction of sp³-hybridized carbons (Fsp3) is 0.762. The number of carbonyl (C=O) groups is 3. The molecule has 6 aliphatic rings. The number of imide groups is 1. The van der Waals surface area contributed by atoms with E-state index in [1.807, 2.05) is 12.2 Å². The van der Waals surface area contributed by atoms with Crippen LogP contribution in [0.25, 0.3) is 0 Å². The van der Waals surface area contributed by atoms with E-state index in [1.54, 1.807) is 0 Å². The fourth-order valence-electron chi connectivity index (χ4n) is 7.02. The van der Waals surface area contributed by atoms with Crippen molar-refractivity contribution in [2.75, 3.05) is 13.1 Å². The molecular formula is C21H28N2O3. The summed E-state index contributed by atoms with van der Waals surface area (Å²) in [5, 5.41) is 3.09. The molecule has 0 radical (unpaired) electrons. The van der Waals surface area contributed by atoms with Crippen LogP contribution in [-0.2, 0) is 14.4 Å². The highest BCUT2D eigenvalue weighted by Crippen LogP contribution is 2.59. The van der Waals surface area contributed by atoms with Gasteiger partial charge in [0.05, 0.1) is 11.8 Å². The molecular weight excluding hydrogens is 328 g/mol. The van der Waals surface area contributed by atoms with Crippen molar-refractivity contribution in [1.29, 1.82) is 0 Å². The molecule has 6 rings (SSSR count). The Morgan fingerprint density at radius 1 is 0.962 bits per heavy atom. The summed E-state index contributed by atoms with van der Waals surface area (Å²) in [6, 6.07) is 0. The lowest BCUT2D eigenvalue weighted by Crippen LogP contribution is -2.52. The molecule has 1 aliphatic heterocycles. The molecule has 5 nitrogen and oxygen atoms in total. The maximum atomic E-state index is 12.5. The van der Waals surface area contributed by atoms with Crippen LogP contribution in [0.3, 0.4) is 0 Å². The number of allylic oxidation sites excluding steroid dienone is 2. The van der Waals surface area contributed by atoms with Crippen molar-refractivity contribution in [2.24, 2.45) is 35.0 Å². The average Bonchev–Trinajstić information content (AvgIpc) is 2.84. The molecule has 0 aromatic rings. The van der Waals surface area contributed by atoms with Gasteiger partial charge in [-0.3, -0.25) is 19.3 Å². The molecule has 0 unspecified atom stereocenters. The second kappa shape index (κ2) is 5.93. The molecule has 1 saturated heterocycles. The molecule has 4 saturated carbocycles. The Morgan fingerprint density at radius 3 is 1.96 bits per heavy atom. The topological polar surface area (TPSA) is 66.5 Å². The Morgan fingerprint density at radius 2 is 1.46 bits per heavy atom. The molecule has 0 spiro atoms. The summed E-state index contributed by atoms with van der Waals surface area (Å²) in [5.74, 6) is 1.59. The van der Waals surface area contributed by atoms with E-state index in [9.17, 15) is 14.4 Å². The third-order valence-electron chi connectivity index (χ3n) is 7.73. The van der Waals surface area contributed by atoms with E-state index in [-0.39, 0.29) is 41.5 Å². The number of carbonyl (C=O) groups excluding carboxylic acids is 3. The highest BCUT2D eigenvalue weighted by Gasteiger charge is 2.51. The van der Waals surface area contributed by atoms with Crippen LogP contribution in [0, 0.1) is 35.0 Å². The second-order valence-electron chi connectivity index (χ2n) is 9.61. The van der Waals surface area contributed by atoms with E-state index in [0.29, 0.717) is 12.8 Å². The summed E-state index contributed by atoms with van der Waals surface area (Å²) < 4.78 is 0. The Balaban J connectivity index is 1.20. The lowest BCUT2D eigenvalue weighted by atomic mass is 9.49. The van der Waals surface area contributed by atoms with Gasteiger partial charge in [-0.2, -0.15) is 0 Å². The van der Waals surface area contributed by atoms with Gasteiger partial charge in [0, 0.05) is 6.54 Å². The van der Waals surface area contributed by atoms with Crippen molar-refractivity contribution in [3.8, 4) is 0 Å². The van der Waals surface area contributed by atoms with E-state index in [0.717, 1.165) is 24.3 Å². The Kier molecular flexibility index (Phi) is 3.77. The molecule has 0 aromatic carbocycles. The maximum absolute atomic E-state index is 12.5. The molecule has 4 bridgehead atoms. The highest BCUT2D eigenvalue weighted by atomic mass is 16.2. The number of hydrogen-bond donors (Lipinski definition) is 1. The van der Waals surface area contributed by atoms with Crippen molar-refractivity contribution in [1.82, 2.24) is 10.2 Å². The monoisotopic (exact) mass is 356 g/mol. The first-order valence-electron chi connectivity index (χ1n) is 10.3. The Labute approximate surface area is 154 Å². The van der Waals surface area contributed by atoms with Gasteiger partial charge in [0.15, 0.2) is 0 Å². The molecule has 5 fully saturated rings. The molecule has 3 amide bonds. The van der Waals surface area contributed by atoms with Crippen LogP contribution in [0.1, 0.15) is 51.4 Å². The summed E-state index contributed by atoms with van der Waals surface area (Å²) in [6.45, 7) is 0.622. The lowest BCUT2D eigenvalue weighted by Gasteiger charge is -2.56. The summed E-state index contributed by atoms with van der Waals surface area (Å²) in [6.07, 6.45) is 13.1. The molecule has 5 heteroatoms. The third-order valence-corrected chi connectivity index (χ3v) is 7.73. The zero-order valence-electron chi connectivity index (χ0n) is 15.3. The molecule has 140 valence electrons. The molecule has 5 aliphatic carbocycles. The second-order valence-corrected chi connectivity index (χ2v) is 9.61. The van der Waals surface area contributed by atoms with E-state index >= 15 is 0 Å². The van der Waals surface area contributed by atoms with Crippen LogP contribution in [0.5, 0.6) is 0 Å². The number of rotatable bonds is 4. The summed E-state index contributed by atoms with van der Waals surface area (Å²) in [7, 11) is 0. The molecule has 2 atom stereocenters. The minimum Gasteiger partial charge on any atom is -0.354 e. The van der Waals surface area contributed by atoms with E-state index in [1.165, 1.54) is 43.4 Å². The number of fused-ring (bicyclic) bond motifs is 1. The number of nitrogens with one attached hydrogen (secondary N) is 1. The number of hydrogen-bond acceptors (Lipinski definition) is 3. The molecule has 0 aromatic heterocycles. The van der Waals surface area contributed by atoms with Crippen molar-refractivity contribution in [3.63, 3.8) is 0 Å². The van der Waals surface area contributed by atoms with Crippen molar-refractivity contribution < 1.29 is 14.4 Å². The smallest absolute Gasteiger partial charge is 0.240 e.